The van der Waals surface area contributed by atoms with Crippen LogP contribution < -0.4 is 0 Å². The van der Waals surface area contributed by atoms with Crippen molar-refractivity contribution in [3.63, 3.8) is 0 Å². The number of likely N-dealkylation sites (tertiary alicyclic amines) is 1. The molecular weight excluding hydrogens is 284 g/mol. The molecule has 108 valence electrons. The first kappa shape index (κ1) is 14.9. The van der Waals surface area contributed by atoms with Gasteiger partial charge in [-0.05, 0) is 38.1 Å². The van der Waals surface area contributed by atoms with E-state index in [1.807, 2.05) is 0 Å². The Morgan fingerprint density at radius 1 is 1.53 bits per heavy atom. The van der Waals surface area contributed by atoms with Crippen LogP contribution in [0.15, 0.2) is 16.3 Å². The minimum Gasteiger partial charge on any atom is -0.391 e. The monoisotopic (exact) mass is 304 g/mol. The van der Waals surface area contributed by atoms with Gasteiger partial charge in [-0.1, -0.05) is 0 Å². The molecule has 0 aliphatic carbocycles. The Bertz CT molecular complexity index is 527. The van der Waals surface area contributed by atoms with E-state index in [4.69, 9.17) is 5.11 Å². The van der Waals surface area contributed by atoms with Crippen molar-refractivity contribution in [3.8, 4) is 0 Å². The average Bonchev–Trinajstić information content (AvgIpc) is 2.98. The molecule has 1 fully saturated rings. The van der Waals surface area contributed by atoms with Crippen molar-refractivity contribution >= 4 is 21.4 Å². The summed E-state index contributed by atoms with van der Waals surface area (Å²) in [6.45, 7) is 2.43. The molecule has 0 spiro atoms. The van der Waals surface area contributed by atoms with Gasteiger partial charge < -0.3 is 10.0 Å². The van der Waals surface area contributed by atoms with Gasteiger partial charge in [-0.2, -0.15) is 4.31 Å². The fourth-order valence-electron chi connectivity index (χ4n) is 2.37. The van der Waals surface area contributed by atoms with Gasteiger partial charge in [0, 0.05) is 25.0 Å². The van der Waals surface area contributed by atoms with Gasteiger partial charge in [0.1, 0.15) is 4.21 Å². The molecule has 2 heterocycles. The summed E-state index contributed by atoms with van der Waals surface area (Å²) in [4.78, 5) is 2.90. The summed E-state index contributed by atoms with van der Waals surface area (Å²) in [5.41, 5.74) is 0. The van der Waals surface area contributed by atoms with Crippen molar-refractivity contribution in [1.29, 1.82) is 0 Å². The van der Waals surface area contributed by atoms with Gasteiger partial charge in [-0.25, -0.2) is 8.42 Å². The van der Waals surface area contributed by atoms with Crippen LogP contribution in [0.3, 0.4) is 0 Å². The normalized spacial score (nSPS) is 21.4. The van der Waals surface area contributed by atoms with Gasteiger partial charge in [0.05, 0.1) is 6.61 Å². The molecule has 2 rings (SSSR count). The van der Waals surface area contributed by atoms with Crippen LogP contribution in [0.1, 0.15) is 11.3 Å². The maximum absolute atomic E-state index is 12.4. The highest BCUT2D eigenvalue weighted by Gasteiger charge is 2.28. The first-order valence-electron chi connectivity index (χ1n) is 6.28. The fraction of sp³-hybridized carbons (Fsp3) is 0.667. The number of aliphatic hydroxyl groups excluding tert-OH is 1. The molecule has 19 heavy (non-hydrogen) atoms. The van der Waals surface area contributed by atoms with Crippen molar-refractivity contribution < 1.29 is 13.5 Å². The summed E-state index contributed by atoms with van der Waals surface area (Å²) in [6.07, 6.45) is 1.04. The van der Waals surface area contributed by atoms with E-state index >= 15 is 0 Å². The topological polar surface area (TPSA) is 60.9 Å². The van der Waals surface area contributed by atoms with Crippen LogP contribution in [0, 0.1) is 5.92 Å². The van der Waals surface area contributed by atoms with Crippen LogP contribution in [0.4, 0.5) is 0 Å². The van der Waals surface area contributed by atoms with Gasteiger partial charge in [0.2, 0.25) is 0 Å². The molecule has 0 aromatic carbocycles. The van der Waals surface area contributed by atoms with Gasteiger partial charge in [0.25, 0.3) is 10.0 Å². The highest BCUT2D eigenvalue weighted by Crippen LogP contribution is 2.26. The third-order valence-corrected chi connectivity index (χ3v) is 6.82. The Morgan fingerprint density at radius 2 is 2.26 bits per heavy atom. The summed E-state index contributed by atoms with van der Waals surface area (Å²) in [7, 11) is 0.277. The van der Waals surface area contributed by atoms with E-state index in [9.17, 15) is 8.42 Å². The van der Waals surface area contributed by atoms with E-state index in [1.54, 1.807) is 19.2 Å². The van der Waals surface area contributed by atoms with Crippen LogP contribution in [0.25, 0.3) is 0 Å². The van der Waals surface area contributed by atoms with Crippen molar-refractivity contribution in [1.82, 2.24) is 9.21 Å². The Kier molecular flexibility index (Phi) is 4.62. The van der Waals surface area contributed by atoms with E-state index in [2.05, 4.69) is 11.9 Å². The van der Waals surface area contributed by atoms with Crippen molar-refractivity contribution in [2.75, 3.05) is 33.7 Å². The van der Waals surface area contributed by atoms with Gasteiger partial charge >= 0.3 is 0 Å². The van der Waals surface area contributed by atoms with E-state index in [0.717, 1.165) is 30.8 Å². The van der Waals surface area contributed by atoms with E-state index in [-0.39, 0.29) is 6.61 Å². The van der Waals surface area contributed by atoms with E-state index in [1.165, 1.54) is 4.31 Å². The summed E-state index contributed by atoms with van der Waals surface area (Å²) >= 11 is 1.14. The zero-order chi connectivity index (χ0) is 14.0. The third kappa shape index (κ3) is 3.35. The highest BCUT2D eigenvalue weighted by molar-refractivity contribution is 7.91. The van der Waals surface area contributed by atoms with Crippen LogP contribution in [0.5, 0.6) is 0 Å². The molecule has 0 radical (unpaired) electrons. The molecule has 0 bridgehead atoms. The standard InChI is InChI=1S/C12H20N2O3S2/c1-13-6-5-10(7-13)8-14(2)19(16,17)12-4-3-11(9-15)18-12/h3-4,10,15H,5-9H2,1-2H3. The number of thiophene rings is 1. The SMILES string of the molecule is CN1CCC(CN(C)S(=O)(=O)c2ccc(CO)s2)C1. The average molecular weight is 304 g/mol. The third-order valence-electron chi connectivity index (χ3n) is 3.46. The molecule has 1 aliphatic rings. The number of hydrogen-bond acceptors (Lipinski definition) is 5. The molecule has 1 N–H and O–H groups in total. The second kappa shape index (κ2) is 5.88. The number of rotatable bonds is 5. The lowest BCUT2D eigenvalue weighted by atomic mass is 10.1. The maximum atomic E-state index is 12.4. The predicted octanol–water partition coefficient (Wildman–Crippen LogP) is 0.813. The molecule has 1 atom stereocenters. The Hall–Kier alpha value is -0.470. The molecule has 1 aromatic rings. The van der Waals surface area contributed by atoms with Gasteiger partial charge in [0.15, 0.2) is 0 Å². The summed E-state index contributed by atoms with van der Waals surface area (Å²) in [6, 6.07) is 3.23. The lowest BCUT2D eigenvalue weighted by Crippen LogP contribution is -2.32. The van der Waals surface area contributed by atoms with E-state index < -0.39 is 10.0 Å². The smallest absolute Gasteiger partial charge is 0.252 e. The predicted molar refractivity (Wildman–Crippen MR) is 75.7 cm³/mol. The molecule has 1 unspecified atom stereocenters. The van der Waals surface area contributed by atoms with Crippen molar-refractivity contribution in [2.45, 2.75) is 17.2 Å². The number of aliphatic hydroxyl groups is 1. The molecule has 0 amide bonds. The lowest BCUT2D eigenvalue weighted by Gasteiger charge is -2.20. The highest BCUT2D eigenvalue weighted by atomic mass is 32.2. The second-order valence-corrected chi connectivity index (χ2v) is 8.52. The Morgan fingerprint density at radius 3 is 2.79 bits per heavy atom. The number of hydrogen-bond donors (Lipinski definition) is 1. The quantitative estimate of drug-likeness (QED) is 0.874. The summed E-state index contributed by atoms with van der Waals surface area (Å²) in [5, 5.41) is 9.01. The van der Waals surface area contributed by atoms with Crippen molar-refractivity contribution in [2.24, 2.45) is 5.92 Å². The molecule has 5 nitrogen and oxygen atoms in total. The fourth-order valence-corrected chi connectivity index (χ4v) is 5.05. The number of nitrogens with zero attached hydrogens (tertiary/aromatic N) is 2. The minimum absolute atomic E-state index is 0.114. The molecule has 1 saturated heterocycles. The molecular formula is C12H20N2O3S2. The molecule has 1 aromatic heterocycles. The second-order valence-electron chi connectivity index (χ2n) is 5.08. The van der Waals surface area contributed by atoms with Crippen molar-refractivity contribution in [3.05, 3.63) is 17.0 Å². The molecule has 1 aliphatic heterocycles. The maximum Gasteiger partial charge on any atom is 0.252 e. The zero-order valence-electron chi connectivity index (χ0n) is 11.2. The lowest BCUT2D eigenvalue weighted by molar-refractivity contribution is 0.285. The minimum atomic E-state index is -3.41. The summed E-state index contributed by atoms with van der Waals surface area (Å²) < 4.78 is 26.5. The first-order valence-corrected chi connectivity index (χ1v) is 8.53. The Balaban J connectivity index is 2.06. The Labute approximate surface area is 118 Å². The van der Waals surface area contributed by atoms with Gasteiger partial charge in [-0.3, -0.25) is 0 Å². The first-order chi connectivity index (χ1) is 8.93. The van der Waals surface area contributed by atoms with E-state index in [0.29, 0.717) is 21.5 Å². The van der Waals surface area contributed by atoms with Crippen LogP contribution >= 0.6 is 11.3 Å². The molecule has 0 saturated carbocycles. The van der Waals surface area contributed by atoms with Crippen LogP contribution in [-0.4, -0.2) is 56.5 Å². The van der Waals surface area contributed by atoms with Crippen LogP contribution in [0.2, 0.25) is 0 Å². The van der Waals surface area contributed by atoms with Crippen LogP contribution in [-0.2, 0) is 16.6 Å². The largest absolute Gasteiger partial charge is 0.391 e. The summed E-state index contributed by atoms with van der Waals surface area (Å²) in [5.74, 6) is 0.405. The van der Waals surface area contributed by atoms with Gasteiger partial charge in [-0.15, -0.1) is 11.3 Å². The molecule has 7 heteroatoms. The zero-order valence-corrected chi connectivity index (χ0v) is 12.9. The number of sulfonamides is 1.